The van der Waals surface area contributed by atoms with Crippen molar-refractivity contribution in [3.05, 3.63) is 36.4 Å². The van der Waals surface area contributed by atoms with E-state index in [1.807, 2.05) is 51.1 Å². The highest BCUT2D eigenvalue weighted by molar-refractivity contribution is 6.02. The molecule has 1 atom stereocenters. The van der Waals surface area contributed by atoms with Crippen LogP contribution in [-0.4, -0.2) is 95.4 Å². The van der Waals surface area contributed by atoms with Gasteiger partial charge in [0.25, 0.3) is 0 Å². The average Bonchev–Trinajstić information content (AvgIpc) is 3.20. The number of ether oxygens (including phenoxy) is 4. The van der Waals surface area contributed by atoms with Gasteiger partial charge in [0, 0.05) is 30.8 Å². The summed E-state index contributed by atoms with van der Waals surface area (Å²) in [5.41, 5.74) is 0.823. The van der Waals surface area contributed by atoms with Gasteiger partial charge < -0.3 is 28.7 Å². The Labute approximate surface area is 227 Å². The monoisotopic (exact) mass is 538 g/mol. The maximum absolute atomic E-state index is 13.3. The smallest absolute Gasteiger partial charge is 0.410 e. The van der Waals surface area contributed by atoms with Crippen molar-refractivity contribution in [3.63, 3.8) is 0 Å². The second-order valence-electron chi connectivity index (χ2n) is 10.9. The maximum Gasteiger partial charge on any atom is 0.410 e. The molecule has 208 valence electrons. The number of rotatable bonds is 5. The topological polar surface area (TPSA) is 111 Å². The molecule has 0 saturated carbocycles. The van der Waals surface area contributed by atoms with Crippen LogP contribution in [-0.2, 0) is 9.53 Å². The van der Waals surface area contributed by atoms with Crippen molar-refractivity contribution in [2.45, 2.75) is 51.4 Å². The molecule has 0 N–H and O–H groups in total. The lowest BCUT2D eigenvalue weighted by Gasteiger charge is -2.36. The SMILES string of the molecule is COc1cccc(-c2cccc3c2OC(CN2C(=O)CN(C4CCN(C(=O)OC(C)(C)C)CC4)C2=O)CO3)n1. The Morgan fingerprint density at radius 3 is 2.56 bits per heavy atom. The summed E-state index contributed by atoms with van der Waals surface area (Å²) < 4.78 is 22.9. The summed E-state index contributed by atoms with van der Waals surface area (Å²) in [4.78, 5) is 47.6. The maximum atomic E-state index is 13.3. The summed E-state index contributed by atoms with van der Waals surface area (Å²) in [5.74, 6) is 1.29. The van der Waals surface area contributed by atoms with Crippen LogP contribution < -0.4 is 14.2 Å². The van der Waals surface area contributed by atoms with Crippen LogP contribution in [0.1, 0.15) is 33.6 Å². The first-order valence-corrected chi connectivity index (χ1v) is 13.2. The lowest BCUT2D eigenvalue weighted by atomic mass is 10.0. The van der Waals surface area contributed by atoms with Crippen LogP contribution in [0.3, 0.4) is 0 Å². The fourth-order valence-corrected chi connectivity index (χ4v) is 5.02. The average molecular weight is 539 g/mol. The molecule has 11 nitrogen and oxygen atoms in total. The van der Waals surface area contributed by atoms with E-state index in [-0.39, 0.29) is 43.8 Å². The minimum absolute atomic E-state index is 0.0130. The fraction of sp³-hybridized carbons (Fsp3) is 0.500. The molecule has 5 rings (SSSR count). The quantitative estimate of drug-likeness (QED) is 0.532. The zero-order chi connectivity index (χ0) is 27.7. The number of likely N-dealkylation sites (tertiary alicyclic amines) is 1. The molecule has 2 fully saturated rings. The van der Waals surface area contributed by atoms with Crippen molar-refractivity contribution in [2.75, 3.05) is 39.9 Å². The Kier molecular flexibility index (Phi) is 7.24. The Morgan fingerprint density at radius 1 is 1.10 bits per heavy atom. The summed E-state index contributed by atoms with van der Waals surface area (Å²) in [6.07, 6.45) is 0.273. The lowest BCUT2D eigenvalue weighted by Crippen LogP contribution is -2.49. The summed E-state index contributed by atoms with van der Waals surface area (Å²) in [6.45, 7) is 6.71. The summed E-state index contributed by atoms with van der Waals surface area (Å²) in [5, 5.41) is 0. The highest BCUT2D eigenvalue weighted by Crippen LogP contribution is 2.41. The number of benzene rings is 1. The molecule has 1 unspecified atom stereocenters. The molecule has 1 aromatic carbocycles. The number of nitrogens with zero attached hydrogens (tertiary/aromatic N) is 4. The minimum Gasteiger partial charge on any atom is -0.486 e. The highest BCUT2D eigenvalue weighted by Gasteiger charge is 2.43. The number of aromatic nitrogens is 1. The molecule has 2 aromatic rings. The van der Waals surface area contributed by atoms with Gasteiger partial charge in [-0.3, -0.25) is 9.69 Å². The van der Waals surface area contributed by atoms with Crippen molar-refractivity contribution >= 4 is 18.0 Å². The van der Waals surface area contributed by atoms with Gasteiger partial charge in [-0.2, -0.15) is 0 Å². The molecule has 11 heteroatoms. The number of methoxy groups -OCH3 is 1. The van der Waals surface area contributed by atoms with Crippen molar-refractivity contribution in [1.82, 2.24) is 19.7 Å². The number of hydrogen-bond donors (Lipinski definition) is 0. The van der Waals surface area contributed by atoms with Crippen LogP contribution >= 0.6 is 0 Å². The molecule has 1 aromatic heterocycles. The number of piperidine rings is 1. The standard InChI is InChI=1S/C28H34N4O7/c1-28(2,3)39-27(35)30-13-11-18(12-14-30)31-16-24(33)32(26(31)34)15-19-17-37-22-9-5-7-20(25(22)38-19)21-8-6-10-23(29-21)36-4/h5-10,18-19H,11-17H2,1-4H3. The number of amides is 4. The third-order valence-electron chi connectivity index (χ3n) is 6.92. The zero-order valence-electron chi connectivity index (χ0n) is 22.7. The number of carbonyl (C=O) groups is 3. The molecule has 0 aliphatic carbocycles. The van der Waals surface area contributed by atoms with E-state index in [0.29, 0.717) is 49.0 Å². The second kappa shape index (κ2) is 10.6. The molecule has 3 aliphatic heterocycles. The van der Waals surface area contributed by atoms with Crippen molar-refractivity contribution < 1.29 is 33.3 Å². The number of para-hydroxylation sites is 1. The summed E-state index contributed by atoms with van der Waals surface area (Å²) >= 11 is 0. The number of imide groups is 1. The van der Waals surface area contributed by atoms with Gasteiger partial charge in [0.1, 0.15) is 18.8 Å². The van der Waals surface area contributed by atoms with E-state index in [4.69, 9.17) is 18.9 Å². The summed E-state index contributed by atoms with van der Waals surface area (Å²) in [7, 11) is 1.56. The van der Waals surface area contributed by atoms with Gasteiger partial charge in [-0.15, -0.1) is 0 Å². The van der Waals surface area contributed by atoms with Gasteiger partial charge >= 0.3 is 12.1 Å². The second-order valence-corrected chi connectivity index (χ2v) is 10.9. The predicted octanol–water partition coefficient (Wildman–Crippen LogP) is 3.56. The van der Waals surface area contributed by atoms with Crippen LogP contribution in [0.25, 0.3) is 11.3 Å². The molecule has 2 saturated heterocycles. The van der Waals surface area contributed by atoms with Crippen molar-refractivity contribution in [2.24, 2.45) is 0 Å². The Balaban J connectivity index is 1.22. The Bertz CT molecular complexity index is 1250. The first-order chi connectivity index (χ1) is 18.6. The highest BCUT2D eigenvalue weighted by atomic mass is 16.6. The molecule has 39 heavy (non-hydrogen) atoms. The fourth-order valence-electron chi connectivity index (χ4n) is 5.02. The molecular weight excluding hydrogens is 504 g/mol. The zero-order valence-corrected chi connectivity index (χ0v) is 22.7. The lowest BCUT2D eigenvalue weighted by molar-refractivity contribution is -0.126. The molecule has 0 radical (unpaired) electrons. The van der Waals surface area contributed by atoms with E-state index in [1.54, 1.807) is 23.0 Å². The molecule has 0 bridgehead atoms. The van der Waals surface area contributed by atoms with Gasteiger partial charge in [-0.25, -0.2) is 14.6 Å². The largest absolute Gasteiger partial charge is 0.486 e. The van der Waals surface area contributed by atoms with Gasteiger partial charge in [0.15, 0.2) is 17.6 Å². The van der Waals surface area contributed by atoms with E-state index in [9.17, 15) is 14.4 Å². The van der Waals surface area contributed by atoms with Crippen LogP contribution in [0, 0.1) is 0 Å². The van der Waals surface area contributed by atoms with Crippen molar-refractivity contribution in [3.8, 4) is 28.6 Å². The van der Waals surface area contributed by atoms with E-state index < -0.39 is 11.7 Å². The first-order valence-electron chi connectivity index (χ1n) is 13.2. The van der Waals surface area contributed by atoms with E-state index in [0.717, 1.165) is 5.56 Å². The first kappa shape index (κ1) is 26.6. The minimum atomic E-state index is -0.567. The van der Waals surface area contributed by atoms with Crippen LogP contribution in [0.2, 0.25) is 0 Å². The summed E-state index contributed by atoms with van der Waals surface area (Å²) in [6, 6.07) is 10.5. The molecule has 3 aliphatic rings. The van der Waals surface area contributed by atoms with Crippen molar-refractivity contribution in [1.29, 1.82) is 0 Å². The van der Waals surface area contributed by atoms with Crippen LogP contribution in [0.4, 0.5) is 9.59 Å². The van der Waals surface area contributed by atoms with Gasteiger partial charge in [0.05, 0.1) is 19.3 Å². The third-order valence-corrected chi connectivity index (χ3v) is 6.92. The van der Waals surface area contributed by atoms with Gasteiger partial charge in [-0.05, 0) is 51.8 Å². The third kappa shape index (κ3) is 5.71. The number of fused-ring (bicyclic) bond motifs is 1. The van der Waals surface area contributed by atoms with Crippen LogP contribution in [0.5, 0.6) is 17.4 Å². The molecule has 0 spiro atoms. The molecule has 4 heterocycles. The van der Waals surface area contributed by atoms with Crippen LogP contribution in [0.15, 0.2) is 36.4 Å². The number of carbonyl (C=O) groups excluding carboxylic acids is 3. The van der Waals surface area contributed by atoms with E-state index in [1.165, 1.54) is 4.90 Å². The number of pyridine rings is 1. The Hall–Kier alpha value is -4.02. The van der Waals surface area contributed by atoms with Gasteiger partial charge in [-0.1, -0.05) is 12.1 Å². The normalized spacial score (nSPS) is 19.9. The van der Waals surface area contributed by atoms with E-state index >= 15 is 0 Å². The molecule has 4 amide bonds. The molecular formula is C28H34N4O7. The van der Waals surface area contributed by atoms with E-state index in [2.05, 4.69) is 4.98 Å². The number of urea groups is 1. The Morgan fingerprint density at radius 2 is 1.85 bits per heavy atom. The predicted molar refractivity (Wildman–Crippen MR) is 141 cm³/mol. The van der Waals surface area contributed by atoms with Gasteiger partial charge in [0.2, 0.25) is 11.8 Å². The number of hydrogen-bond acceptors (Lipinski definition) is 8.